The molecule has 0 aliphatic rings. The van der Waals surface area contributed by atoms with Crippen LogP contribution in [0.5, 0.6) is 0 Å². The van der Waals surface area contributed by atoms with Crippen LogP contribution >= 0.6 is 28.9 Å². The Bertz CT molecular complexity index is 400. The van der Waals surface area contributed by atoms with Crippen molar-refractivity contribution in [1.82, 2.24) is 0 Å². The second-order valence-electron chi connectivity index (χ2n) is 8.37. The Hall–Kier alpha value is -0.0100. The van der Waals surface area contributed by atoms with Gasteiger partial charge in [0.2, 0.25) is 0 Å². The van der Waals surface area contributed by atoms with Crippen molar-refractivity contribution in [3.05, 3.63) is 0 Å². The zero-order chi connectivity index (χ0) is 24.1. The van der Waals surface area contributed by atoms with Gasteiger partial charge in [-0.05, 0) is 0 Å². The van der Waals surface area contributed by atoms with Crippen molar-refractivity contribution in [2.75, 3.05) is 36.2 Å². The van der Waals surface area contributed by atoms with E-state index in [0.717, 1.165) is 0 Å². The van der Waals surface area contributed by atoms with Crippen molar-refractivity contribution in [3.8, 4) is 0 Å². The molecule has 188 valence electrons. The first-order chi connectivity index (χ1) is 14.7. The fourth-order valence-corrected chi connectivity index (χ4v) is 11.5. The smallest absolute Gasteiger partial charge is 0.321 e. The third kappa shape index (κ3) is 19.2. The summed E-state index contributed by atoms with van der Waals surface area (Å²) in [6.07, 6.45) is 18.1. The predicted molar refractivity (Wildman–Crippen MR) is 144 cm³/mol. The second-order valence-corrected chi connectivity index (χ2v) is 15.9. The number of hydrogen-bond acceptors (Lipinski definition) is 6. The minimum absolute atomic E-state index is 0.229. The summed E-state index contributed by atoms with van der Waals surface area (Å²) in [5.74, 6) is -1.68. The molecule has 0 rings (SSSR count). The zero-order valence-corrected chi connectivity index (χ0v) is 22.9. The maximum atomic E-state index is 10.3. The van der Waals surface area contributed by atoms with Gasteiger partial charge in [-0.1, -0.05) is 21.6 Å². The van der Waals surface area contributed by atoms with E-state index in [9.17, 15) is 9.59 Å². The number of aliphatic carboxylic acids is 2. The molecule has 0 saturated carbocycles. The van der Waals surface area contributed by atoms with E-state index >= 15 is 0 Å². The molecular weight excluding hydrogens is 451 g/mol. The average Bonchev–Trinajstić information content (AvgIpc) is 2.75. The van der Waals surface area contributed by atoms with Gasteiger partial charge in [0.15, 0.2) is 0 Å². The molecule has 0 bridgehead atoms. The number of unbranched alkanes of at least 4 members (excludes halogenated alkanes) is 4. The number of carboxylic acid groups (broad SMARTS) is 2. The van der Waals surface area contributed by atoms with Crippen LogP contribution in [0.4, 0.5) is 0 Å². The van der Waals surface area contributed by atoms with Crippen LogP contribution in [0.1, 0.15) is 79.1 Å². The fraction of sp³-hybridized carbons (Fsp3) is 0.909. The molecule has 0 heterocycles. The third-order valence-electron chi connectivity index (χ3n) is 5.46. The van der Waals surface area contributed by atoms with Crippen LogP contribution in [0.3, 0.4) is 0 Å². The summed E-state index contributed by atoms with van der Waals surface area (Å²) in [7, 11) is 1.53. The molecule has 31 heavy (non-hydrogen) atoms. The first kappa shape index (κ1) is 33.2. The van der Waals surface area contributed by atoms with Crippen LogP contribution in [-0.4, -0.2) is 70.4 Å². The Labute approximate surface area is 199 Å². The molecule has 0 aromatic heterocycles. The standard InChI is InChI=1S/C16H37P.C6H12N2O4S2/c1-5-9-13-17(14-10-6-2,15-11-7-3)16-12-8-4;7-3(5(9)10)1-13-14-2-4(8)6(11)12/h17H,5-16H2,1-4H3;3-4H,1-2,7-8H2,(H,9,10)(H,11,12)/t;3-,4-/m.0/s1. The van der Waals surface area contributed by atoms with Crippen molar-refractivity contribution in [2.45, 2.75) is 91.1 Å². The van der Waals surface area contributed by atoms with Crippen molar-refractivity contribution >= 4 is 40.8 Å². The van der Waals surface area contributed by atoms with Crippen molar-refractivity contribution in [1.29, 1.82) is 0 Å². The van der Waals surface area contributed by atoms with E-state index in [1.54, 1.807) is 24.6 Å². The molecule has 0 fully saturated rings. The summed E-state index contributed by atoms with van der Waals surface area (Å²) < 4.78 is 0. The molecule has 6 N–H and O–H groups in total. The van der Waals surface area contributed by atoms with Gasteiger partial charge in [0.1, 0.15) is 12.1 Å². The Balaban J connectivity index is 0. The molecule has 0 unspecified atom stereocenters. The monoisotopic (exact) mass is 500 g/mol. The number of rotatable bonds is 19. The zero-order valence-electron chi connectivity index (χ0n) is 20.2. The molecule has 0 aromatic rings. The van der Waals surface area contributed by atoms with E-state index < -0.39 is 31.3 Å². The summed E-state index contributed by atoms with van der Waals surface area (Å²) in [6.45, 7) is 9.44. The largest absolute Gasteiger partial charge is 0.480 e. The second kappa shape index (κ2) is 21.8. The van der Waals surface area contributed by atoms with Crippen LogP contribution in [0.25, 0.3) is 0 Å². The van der Waals surface area contributed by atoms with E-state index in [4.69, 9.17) is 21.7 Å². The van der Waals surface area contributed by atoms with Crippen LogP contribution < -0.4 is 11.5 Å². The van der Waals surface area contributed by atoms with Gasteiger partial charge in [-0.25, -0.2) is 0 Å². The van der Waals surface area contributed by atoms with Crippen molar-refractivity contribution in [2.24, 2.45) is 11.5 Å². The molecule has 6 nitrogen and oxygen atoms in total. The predicted octanol–water partition coefficient (Wildman–Crippen LogP) is 5.13. The third-order valence-corrected chi connectivity index (χ3v) is 13.6. The summed E-state index contributed by atoms with van der Waals surface area (Å²) in [5.41, 5.74) is 10.4. The summed E-state index contributed by atoms with van der Waals surface area (Å²) in [6, 6.07) is -1.85. The van der Waals surface area contributed by atoms with Crippen LogP contribution in [0, 0.1) is 0 Å². The van der Waals surface area contributed by atoms with E-state index in [1.807, 2.05) is 0 Å². The normalized spacial score (nSPS) is 13.7. The molecule has 9 heteroatoms. The number of carbonyl (C=O) groups is 2. The van der Waals surface area contributed by atoms with Gasteiger partial charge < -0.3 is 21.7 Å². The molecular formula is C22H49N2O4PS2. The van der Waals surface area contributed by atoms with Gasteiger partial charge in [-0.3, -0.25) is 9.59 Å². The van der Waals surface area contributed by atoms with Gasteiger partial charge in [0, 0.05) is 11.5 Å². The van der Waals surface area contributed by atoms with Crippen LogP contribution in [-0.2, 0) is 9.59 Å². The maximum absolute atomic E-state index is 10.3. The maximum Gasteiger partial charge on any atom is 0.321 e. The molecule has 0 amide bonds. The first-order valence-electron chi connectivity index (χ1n) is 11.9. The van der Waals surface area contributed by atoms with Gasteiger partial charge in [-0.15, -0.1) is 0 Å². The topological polar surface area (TPSA) is 127 Å². The van der Waals surface area contributed by atoms with Crippen LogP contribution in [0.15, 0.2) is 0 Å². The average molecular weight is 501 g/mol. The van der Waals surface area contributed by atoms with Crippen molar-refractivity contribution < 1.29 is 19.8 Å². The van der Waals surface area contributed by atoms with E-state index in [0.29, 0.717) is 0 Å². The Morgan fingerprint density at radius 2 is 0.935 bits per heavy atom. The number of nitrogens with two attached hydrogens (primary N) is 2. The van der Waals surface area contributed by atoms with Gasteiger partial charge in [-0.2, -0.15) is 0 Å². The van der Waals surface area contributed by atoms with E-state index in [2.05, 4.69) is 27.7 Å². The van der Waals surface area contributed by atoms with Gasteiger partial charge in [0.05, 0.1) is 0 Å². The molecule has 0 saturated heterocycles. The number of carboxylic acids is 2. The number of hydrogen-bond donors (Lipinski definition) is 4. The van der Waals surface area contributed by atoms with E-state index in [1.165, 1.54) is 73.0 Å². The summed E-state index contributed by atoms with van der Waals surface area (Å²) >= 11 is 0. The van der Waals surface area contributed by atoms with Crippen molar-refractivity contribution in [3.63, 3.8) is 0 Å². The molecule has 0 aliphatic heterocycles. The Morgan fingerprint density at radius 3 is 1.13 bits per heavy atom. The quantitative estimate of drug-likeness (QED) is 0.109. The Morgan fingerprint density at radius 1 is 0.677 bits per heavy atom. The summed E-state index contributed by atoms with van der Waals surface area (Å²) in [5, 5.41) is 16.8. The molecule has 0 spiro atoms. The van der Waals surface area contributed by atoms with Gasteiger partial charge in [0.25, 0.3) is 0 Å². The Kier molecular flexibility index (Phi) is 23.3. The van der Waals surface area contributed by atoms with Gasteiger partial charge >= 0.3 is 123 Å². The SMILES string of the molecule is CCCC[PH](CCCC)(CCCC)CCCC.N[C@@H](CSSC[C@H](N)C(=O)O)C(=O)O. The minimum Gasteiger partial charge on any atom is -0.480 e. The minimum atomic E-state index is -1.07. The fourth-order valence-electron chi connectivity index (χ4n) is 3.34. The summed E-state index contributed by atoms with van der Waals surface area (Å²) in [4.78, 5) is 20.5. The molecule has 2 atom stereocenters. The molecule has 0 aromatic carbocycles. The van der Waals surface area contributed by atoms with E-state index in [-0.39, 0.29) is 11.5 Å². The molecule has 0 radical (unpaired) electrons. The first-order valence-corrected chi connectivity index (χ1v) is 17.2. The molecule has 0 aliphatic carbocycles. The van der Waals surface area contributed by atoms with Crippen LogP contribution in [0.2, 0.25) is 0 Å².